The lowest BCUT2D eigenvalue weighted by molar-refractivity contribution is 0.102. The first-order valence-electron chi connectivity index (χ1n) is 5.19. The lowest BCUT2D eigenvalue weighted by Gasteiger charge is -2.08. The zero-order valence-electron chi connectivity index (χ0n) is 9.28. The van der Waals surface area contributed by atoms with Crippen LogP contribution in [0.15, 0.2) is 46.9 Å². The number of carbonyl (C=O) groups is 1. The normalized spacial score (nSPS) is 10.1. The van der Waals surface area contributed by atoms with E-state index in [0.29, 0.717) is 15.7 Å². The minimum Gasteiger partial charge on any atom is -0.398 e. The summed E-state index contributed by atoms with van der Waals surface area (Å²) in [5.74, 6) is -0.185. The van der Waals surface area contributed by atoms with Gasteiger partial charge >= 0.3 is 0 Å². The van der Waals surface area contributed by atoms with Crippen LogP contribution in [-0.2, 0) is 0 Å². The van der Waals surface area contributed by atoms with E-state index in [4.69, 9.17) is 5.73 Å². The van der Waals surface area contributed by atoms with E-state index in [9.17, 15) is 4.79 Å². The van der Waals surface area contributed by atoms with Gasteiger partial charge in [-0.25, -0.2) is 0 Å². The molecule has 0 saturated heterocycles. The number of amides is 1. The molecular weight excluding hydrogens is 407 g/mol. The first-order valence-corrected chi connectivity index (χ1v) is 7.06. The Morgan fingerprint density at radius 2 is 1.83 bits per heavy atom. The van der Waals surface area contributed by atoms with Crippen LogP contribution in [0.2, 0.25) is 0 Å². The third kappa shape index (κ3) is 3.02. The predicted octanol–water partition coefficient (Wildman–Crippen LogP) is 3.89. The van der Waals surface area contributed by atoms with Gasteiger partial charge in [-0.1, -0.05) is 6.07 Å². The molecule has 1 amide bonds. The van der Waals surface area contributed by atoms with Gasteiger partial charge in [-0.3, -0.25) is 4.79 Å². The molecule has 0 fully saturated rings. The molecule has 0 aliphatic rings. The highest BCUT2D eigenvalue weighted by atomic mass is 127. The second-order valence-electron chi connectivity index (χ2n) is 3.67. The molecule has 18 heavy (non-hydrogen) atoms. The Balaban J connectivity index is 2.22. The molecule has 0 bridgehead atoms. The lowest BCUT2D eigenvalue weighted by atomic mass is 10.2. The first kappa shape index (κ1) is 13.4. The monoisotopic (exact) mass is 416 g/mol. The molecule has 0 aliphatic carbocycles. The molecule has 0 atom stereocenters. The van der Waals surface area contributed by atoms with Crippen molar-refractivity contribution in [3.05, 3.63) is 56.1 Å². The quantitative estimate of drug-likeness (QED) is 0.576. The zero-order chi connectivity index (χ0) is 13.1. The van der Waals surface area contributed by atoms with Crippen molar-refractivity contribution in [1.82, 2.24) is 0 Å². The Morgan fingerprint density at radius 3 is 2.50 bits per heavy atom. The van der Waals surface area contributed by atoms with Crippen LogP contribution in [0.5, 0.6) is 0 Å². The topological polar surface area (TPSA) is 55.1 Å². The molecule has 0 unspecified atom stereocenters. The Kier molecular flexibility index (Phi) is 4.23. The average Bonchev–Trinajstić information content (AvgIpc) is 2.35. The summed E-state index contributed by atoms with van der Waals surface area (Å²) in [4.78, 5) is 12.1. The van der Waals surface area contributed by atoms with E-state index >= 15 is 0 Å². The van der Waals surface area contributed by atoms with Gasteiger partial charge in [0.05, 0.1) is 10.0 Å². The van der Waals surface area contributed by atoms with Gasteiger partial charge in [-0.05, 0) is 74.9 Å². The standard InChI is InChI=1S/C13H10BrIN2O/c14-12-10(2-1-3-11(12)16)13(18)17-9-6-4-8(15)5-7-9/h1-7H,16H2,(H,17,18). The van der Waals surface area contributed by atoms with Gasteiger partial charge in [0.2, 0.25) is 0 Å². The number of hydrogen-bond acceptors (Lipinski definition) is 2. The van der Waals surface area contributed by atoms with Crippen molar-refractivity contribution in [3.8, 4) is 0 Å². The van der Waals surface area contributed by atoms with E-state index in [1.165, 1.54) is 0 Å². The van der Waals surface area contributed by atoms with Crippen molar-refractivity contribution < 1.29 is 4.79 Å². The van der Waals surface area contributed by atoms with Crippen molar-refractivity contribution in [3.63, 3.8) is 0 Å². The third-order valence-corrected chi connectivity index (χ3v) is 3.98. The fraction of sp³-hybridized carbons (Fsp3) is 0. The highest BCUT2D eigenvalue weighted by Crippen LogP contribution is 2.24. The van der Waals surface area contributed by atoms with Crippen molar-refractivity contribution >= 4 is 55.8 Å². The number of nitrogens with one attached hydrogen (secondary N) is 1. The summed E-state index contributed by atoms with van der Waals surface area (Å²) in [6.45, 7) is 0. The van der Waals surface area contributed by atoms with Crippen LogP contribution < -0.4 is 11.1 Å². The summed E-state index contributed by atoms with van der Waals surface area (Å²) >= 11 is 5.53. The molecule has 3 N–H and O–H groups in total. The van der Waals surface area contributed by atoms with Gasteiger partial charge in [0.15, 0.2) is 0 Å². The SMILES string of the molecule is Nc1cccc(C(=O)Nc2ccc(I)cc2)c1Br. The van der Waals surface area contributed by atoms with Crippen LogP contribution in [0.1, 0.15) is 10.4 Å². The molecule has 0 saturated carbocycles. The van der Waals surface area contributed by atoms with Crippen molar-refractivity contribution in [1.29, 1.82) is 0 Å². The van der Waals surface area contributed by atoms with Crippen LogP contribution in [0, 0.1) is 3.57 Å². The molecule has 0 radical (unpaired) electrons. The molecule has 0 spiro atoms. The molecule has 0 heterocycles. The fourth-order valence-corrected chi connectivity index (χ4v) is 2.26. The molecular formula is C13H10BrIN2O. The molecule has 0 aliphatic heterocycles. The molecule has 3 nitrogen and oxygen atoms in total. The predicted molar refractivity (Wildman–Crippen MR) is 85.7 cm³/mol. The minimum atomic E-state index is -0.185. The second-order valence-corrected chi connectivity index (χ2v) is 5.71. The number of anilines is 2. The van der Waals surface area contributed by atoms with E-state index in [-0.39, 0.29) is 5.91 Å². The third-order valence-electron chi connectivity index (χ3n) is 2.38. The van der Waals surface area contributed by atoms with Gasteiger partial charge in [0, 0.05) is 14.9 Å². The van der Waals surface area contributed by atoms with Crippen LogP contribution >= 0.6 is 38.5 Å². The van der Waals surface area contributed by atoms with Crippen LogP contribution in [0.3, 0.4) is 0 Å². The van der Waals surface area contributed by atoms with Gasteiger partial charge in [-0.15, -0.1) is 0 Å². The van der Waals surface area contributed by atoms with Gasteiger partial charge < -0.3 is 11.1 Å². The molecule has 5 heteroatoms. The Morgan fingerprint density at radius 1 is 1.17 bits per heavy atom. The van der Waals surface area contributed by atoms with Crippen molar-refractivity contribution in [2.45, 2.75) is 0 Å². The zero-order valence-corrected chi connectivity index (χ0v) is 13.0. The number of rotatable bonds is 2. The smallest absolute Gasteiger partial charge is 0.256 e. The number of carbonyl (C=O) groups excluding carboxylic acids is 1. The Hall–Kier alpha value is -1.08. The van der Waals surface area contributed by atoms with Crippen molar-refractivity contribution in [2.75, 3.05) is 11.1 Å². The summed E-state index contributed by atoms with van der Waals surface area (Å²) in [5.41, 5.74) is 7.57. The molecule has 2 aromatic rings. The van der Waals surface area contributed by atoms with Gasteiger partial charge in [-0.2, -0.15) is 0 Å². The summed E-state index contributed by atoms with van der Waals surface area (Å²) in [7, 11) is 0. The first-order chi connectivity index (χ1) is 8.58. The number of halogens is 2. The molecule has 2 rings (SSSR count). The molecule has 0 aromatic heterocycles. The fourth-order valence-electron chi connectivity index (χ4n) is 1.46. The lowest BCUT2D eigenvalue weighted by Crippen LogP contribution is -2.13. The van der Waals surface area contributed by atoms with E-state index in [0.717, 1.165) is 9.26 Å². The second kappa shape index (κ2) is 5.71. The summed E-state index contributed by atoms with van der Waals surface area (Å²) in [5, 5.41) is 2.83. The molecule has 2 aromatic carbocycles. The minimum absolute atomic E-state index is 0.185. The van der Waals surface area contributed by atoms with E-state index in [2.05, 4.69) is 43.8 Å². The summed E-state index contributed by atoms with van der Waals surface area (Å²) in [6, 6.07) is 12.8. The van der Waals surface area contributed by atoms with Gasteiger partial charge in [0.25, 0.3) is 5.91 Å². The maximum Gasteiger partial charge on any atom is 0.256 e. The van der Waals surface area contributed by atoms with E-state index in [1.807, 2.05) is 24.3 Å². The highest BCUT2D eigenvalue weighted by molar-refractivity contribution is 14.1. The van der Waals surface area contributed by atoms with Crippen LogP contribution in [0.4, 0.5) is 11.4 Å². The number of nitrogens with two attached hydrogens (primary N) is 1. The highest BCUT2D eigenvalue weighted by Gasteiger charge is 2.11. The average molecular weight is 417 g/mol. The largest absolute Gasteiger partial charge is 0.398 e. The maximum atomic E-state index is 12.1. The van der Waals surface area contributed by atoms with Crippen LogP contribution in [0.25, 0.3) is 0 Å². The Labute approximate surface area is 127 Å². The molecule has 92 valence electrons. The Bertz CT molecular complexity index is 584. The van der Waals surface area contributed by atoms with E-state index in [1.54, 1.807) is 18.2 Å². The number of nitrogen functional groups attached to an aromatic ring is 1. The van der Waals surface area contributed by atoms with Crippen LogP contribution in [-0.4, -0.2) is 5.91 Å². The summed E-state index contributed by atoms with van der Waals surface area (Å²) in [6.07, 6.45) is 0. The van der Waals surface area contributed by atoms with Crippen molar-refractivity contribution in [2.24, 2.45) is 0 Å². The van der Waals surface area contributed by atoms with E-state index < -0.39 is 0 Å². The van der Waals surface area contributed by atoms with Gasteiger partial charge in [0.1, 0.15) is 0 Å². The number of benzene rings is 2. The number of hydrogen-bond donors (Lipinski definition) is 2. The maximum absolute atomic E-state index is 12.1. The summed E-state index contributed by atoms with van der Waals surface area (Å²) < 4.78 is 1.74.